The van der Waals surface area contributed by atoms with Gasteiger partial charge in [0.25, 0.3) is 0 Å². The lowest BCUT2D eigenvalue weighted by Gasteiger charge is -2.48. The smallest absolute Gasteiger partial charge is 0.178 e. The number of allylic oxidation sites excluding steroid dienone is 4. The molecular weight excluding hydrogens is 220 g/mol. The molecule has 0 aromatic rings. The van der Waals surface area contributed by atoms with Gasteiger partial charge in [-0.3, -0.25) is 4.79 Å². The van der Waals surface area contributed by atoms with Crippen molar-refractivity contribution in [1.29, 1.82) is 0 Å². The Morgan fingerprint density at radius 1 is 0.944 bits per heavy atom. The fraction of sp³-hybridized carbons (Fsp3) is 0.706. The molecule has 0 radical (unpaired) electrons. The molecule has 3 fully saturated rings. The molecule has 0 aliphatic heterocycles. The van der Waals surface area contributed by atoms with Crippen LogP contribution in [0.4, 0.5) is 0 Å². The lowest BCUT2D eigenvalue weighted by molar-refractivity contribution is -0.110. The van der Waals surface area contributed by atoms with E-state index in [-0.39, 0.29) is 5.78 Å². The van der Waals surface area contributed by atoms with Crippen LogP contribution in [0.25, 0.3) is 0 Å². The first kappa shape index (κ1) is 11.0. The first-order valence-corrected chi connectivity index (χ1v) is 7.75. The highest BCUT2D eigenvalue weighted by atomic mass is 16.1. The molecule has 0 aromatic heterocycles. The van der Waals surface area contributed by atoms with E-state index >= 15 is 0 Å². The Balaban J connectivity index is 1.63. The van der Waals surface area contributed by atoms with E-state index in [1.54, 1.807) is 0 Å². The third-order valence-corrected chi connectivity index (χ3v) is 6.14. The van der Waals surface area contributed by atoms with Crippen LogP contribution in [0.2, 0.25) is 0 Å². The van der Waals surface area contributed by atoms with E-state index in [9.17, 15) is 4.79 Å². The van der Waals surface area contributed by atoms with Gasteiger partial charge in [0.05, 0.1) is 0 Å². The maximum Gasteiger partial charge on any atom is 0.178 e. The second-order valence-corrected chi connectivity index (χ2v) is 6.81. The van der Waals surface area contributed by atoms with Gasteiger partial charge in [0.15, 0.2) is 5.78 Å². The van der Waals surface area contributed by atoms with Crippen molar-refractivity contribution in [2.45, 2.75) is 44.9 Å². The van der Waals surface area contributed by atoms with Gasteiger partial charge in [0.2, 0.25) is 0 Å². The molecule has 0 bridgehead atoms. The van der Waals surface area contributed by atoms with E-state index in [2.05, 4.69) is 6.08 Å². The Hall–Kier alpha value is -0.850. The number of hydrogen-bond donors (Lipinski definition) is 0. The Morgan fingerprint density at radius 3 is 2.83 bits per heavy atom. The summed E-state index contributed by atoms with van der Waals surface area (Å²) in [5, 5.41) is 0. The van der Waals surface area contributed by atoms with Crippen LogP contribution in [0.3, 0.4) is 0 Å². The molecule has 0 spiro atoms. The molecule has 4 aliphatic rings. The van der Waals surface area contributed by atoms with Gasteiger partial charge in [-0.15, -0.1) is 0 Å². The molecule has 18 heavy (non-hydrogen) atoms. The third-order valence-electron chi connectivity index (χ3n) is 6.14. The van der Waals surface area contributed by atoms with Crippen molar-refractivity contribution in [3.8, 4) is 0 Å². The van der Waals surface area contributed by atoms with E-state index < -0.39 is 0 Å². The molecule has 0 heterocycles. The van der Waals surface area contributed by atoms with Gasteiger partial charge in [0, 0.05) is 5.92 Å². The molecule has 4 aliphatic carbocycles. The van der Waals surface area contributed by atoms with Crippen LogP contribution >= 0.6 is 0 Å². The first-order chi connectivity index (χ1) is 8.83. The van der Waals surface area contributed by atoms with Crippen molar-refractivity contribution >= 4 is 5.78 Å². The molecule has 0 aromatic carbocycles. The van der Waals surface area contributed by atoms with Crippen molar-refractivity contribution in [2.24, 2.45) is 29.6 Å². The second-order valence-electron chi connectivity index (χ2n) is 6.81. The fourth-order valence-electron chi connectivity index (χ4n) is 5.44. The molecule has 5 unspecified atom stereocenters. The number of ketones is 1. The number of carbonyl (C=O) groups is 1. The van der Waals surface area contributed by atoms with Crippen LogP contribution < -0.4 is 0 Å². The average molecular weight is 242 g/mol. The molecule has 1 nitrogen and oxygen atoms in total. The highest BCUT2D eigenvalue weighted by molar-refractivity contribution is 6.00. The average Bonchev–Trinajstić information content (AvgIpc) is 2.86. The summed E-state index contributed by atoms with van der Waals surface area (Å²) in [7, 11) is 0. The van der Waals surface area contributed by atoms with E-state index in [1.807, 2.05) is 12.2 Å². The summed E-state index contributed by atoms with van der Waals surface area (Å²) in [6.07, 6.45) is 15.8. The summed E-state index contributed by atoms with van der Waals surface area (Å²) in [5.41, 5.74) is 1.44. The van der Waals surface area contributed by atoms with Crippen LogP contribution in [-0.4, -0.2) is 5.78 Å². The van der Waals surface area contributed by atoms with Gasteiger partial charge in [-0.1, -0.05) is 24.5 Å². The van der Waals surface area contributed by atoms with Crippen molar-refractivity contribution < 1.29 is 4.79 Å². The number of fused-ring (bicyclic) bond motifs is 5. The van der Waals surface area contributed by atoms with E-state index in [1.165, 1.54) is 50.5 Å². The minimum absolute atomic E-state index is 0.217. The molecule has 4 rings (SSSR count). The number of rotatable bonds is 0. The van der Waals surface area contributed by atoms with Crippen LogP contribution in [0.15, 0.2) is 23.8 Å². The Bertz CT molecular complexity index is 431. The topological polar surface area (TPSA) is 17.1 Å². The SMILES string of the molecule is O=C1C=CC2C(=C1)CCC1C3CCCC3CCC21. The normalized spacial score (nSPS) is 46.1. The predicted octanol–water partition coefficient (Wildman–Crippen LogP) is 3.90. The molecule has 5 atom stereocenters. The van der Waals surface area contributed by atoms with Gasteiger partial charge < -0.3 is 0 Å². The Morgan fingerprint density at radius 2 is 1.89 bits per heavy atom. The van der Waals surface area contributed by atoms with Crippen molar-refractivity contribution in [3.63, 3.8) is 0 Å². The summed E-state index contributed by atoms with van der Waals surface area (Å²) in [6, 6.07) is 0. The van der Waals surface area contributed by atoms with Gasteiger partial charge in [-0.2, -0.15) is 0 Å². The monoisotopic (exact) mass is 242 g/mol. The third kappa shape index (κ3) is 1.56. The zero-order valence-electron chi connectivity index (χ0n) is 11.0. The molecule has 3 saturated carbocycles. The first-order valence-electron chi connectivity index (χ1n) is 7.75. The maximum atomic E-state index is 11.5. The largest absolute Gasteiger partial charge is 0.290 e. The molecular formula is C17H22O. The molecule has 1 heteroatoms. The van der Waals surface area contributed by atoms with Crippen LogP contribution in [0.5, 0.6) is 0 Å². The van der Waals surface area contributed by atoms with Crippen LogP contribution in [-0.2, 0) is 4.79 Å². The second kappa shape index (κ2) is 4.08. The van der Waals surface area contributed by atoms with Gasteiger partial charge >= 0.3 is 0 Å². The summed E-state index contributed by atoms with van der Waals surface area (Å²) in [6.45, 7) is 0. The van der Waals surface area contributed by atoms with Crippen molar-refractivity contribution in [2.75, 3.05) is 0 Å². The minimum atomic E-state index is 0.217. The van der Waals surface area contributed by atoms with E-state index in [4.69, 9.17) is 0 Å². The van der Waals surface area contributed by atoms with Gasteiger partial charge in [-0.25, -0.2) is 0 Å². The van der Waals surface area contributed by atoms with E-state index in [0.29, 0.717) is 5.92 Å². The molecule has 0 amide bonds. The molecule has 0 saturated heterocycles. The predicted molar refractivity (Wildman–Crippen MR) is 72.0 cm³/mol. The highest BCUT2D eigenvalue weighted by Crippen LogP contribution is 2.55. The summed E-state index contributed by atoms with van der Waals surface area (Å²) in [4.78, 5) is 11.5. The minimum Gasteiger partial charge on any atom is -0.290 e. The zero-order valence-corrected chi connectivity index (χ0v) is 11.0. The lowest BCUT2D eigenvalue weighted by Crippen LogP contribution is -2.39. The van der Waals surface area contributed by atoms with Crippen molar-refractivity contribution in [1.82, 2.24) is 0 Å². The Kier molecular flexibility index (Phi) is 2.50. The summed E-state index contributed by atoms with van der Waals surface area (Å²) >= 11 is 0. The van der Waals surface area contributed by atoms with Crippen molar-refractivity contribution in [3.05, 3.63) is 23.8 Å². The molecule has 96 valence electrons. The molecule has 0 N–H and O–H groups in total. The lowest BCUT2D eigenvalue weighted by atomic mass is 9.57. The number of carbonyl (C=O) groups excluding carboxylic acids is 1. The van der Waals surface area contributed by atoms with Gasteiger partial charge in [-0.05, 0) is 67.9 Å². The summed E-state index contributed by atoms with van der Waals surface area (Å²) < 4.78 is 0. The fourth-order valence-corrected chi connectivity index (χ4v) is 5.44. The summed E-state index contributed by atoms with van der Waals surface area (Å²) in [5.74, 6) is 4.72. The quantitative estimate of drug-likeness (QED) is 0.629. The zero-order chi connectivity index (χ0) is 12.1. The Labute approximate surface area is 109 Å². The van der Waals surface area contributed by atoms with E-state index in [0.717, 1.165) is 23.7 Å². The standard InChI is InChI=1S/C17H22O/c18-13-6-9-15-12(10-13)5-8-16-14-3-1-2-11(14)4-7-17(15)16/h6,9-11,14-17H,1-5,7-8H2. The highest BCUT2D eigenvalue weighted by Gasteiger charge is 2.46. The van der Waals surface area contributed by atoms with Crippen LogP contribution in [0.1, 0.15) is 44.9 Å². The van der Waals surface area contributed by atoms with Gasteiger partial charge in [0.1, 0.15) is 0 Å². The number of hydrogen-bond acceptors (Lipinski definition) is 1. The van der Waals surface area contributed by atoms with Crippen LogP contribution in [0, 0.1) is 29.6 Å². The maximum absolute atomic E-state index is 11.5.